The van der Waals surface area contributed by atoms with Crippen LogP contribution in [0.25, 0.3) is 0 Å². The summed E-state index contributed by atoms with van der Waals surface area (Å²) in [5.74, 6) is -5.87. The topological polar surface area (TPSA) is 116 Å². The third-order valence-electron chi connectivity index (χ3n) is 1.83. The van der Waals surface area contributed by atoms with Crippen LogP contribution in [0, 0.1) is 0 Å². The van der Waals surface area contributed by atoms with Crippen LogP contribution in [0.5, 0.6) is 0 Å². The summed E-state index contributed by atoms with van der Waals surface area (Å²) in [6.07, 6.45) is -12.9. The first-order valence-corrected chi connectivity index (χ1v) is 9.48. The third-order valence-corrected chi connectivity index (χ3v) is 2.28. The van der Waals surface area contributed by atoms with Crippen molar-refractivity contribution in [3.63, 3.8) is 0 Å². The summed E-state index contributed by atoms with van der Waals surface area (Å²) >= 11 is -2.24. The smallest absolute Gasteiger partial charge is 0.459 e. The molecule has 0 aliphatic rings. The molecule has 0 radical (unpaired) electrons. The fourth-order valence-electron chi connectivity index (χ4n) is 0.787. The number of alkyl halides is 6. The van der Waals surface area contributed by atoms with Crippen molar-refractivity contribution in [3.8, 4) is 0 Å². The van der Waals surface area contributed by atoms with E-state index in [0.29, 0.717) is 6.08 Å². The quantitative estimate of drug-likeness (QED) is 0.0471. The number of halogens is 15. The molecule has 10 nitrogen and oxygen atoms in total. The van der Waals surface area contributed by atoms with Gasteiger partial charge in [0.25, 0.3) is 6.08 Å². The number of hydrogen-bond acceptors (Lipinski definition) is 13. The Hall–Kier alpha value is -1.10. The lowest BCUT2D eigenvalue weighted by atomic mass is 10.3. The van der Waals surface area contributed by atoms with Crippen molar-refractivity contribution in [2.75, 3.05) is 19.8 Å². The van der Waals surface area contributed by atoms with Gasteiger partial charge in [0, 0.05) is 6.08 Å². The molecule has 0 aliphatic carbocycles. The first-order valence-electron chi connectivity index (χ1n) is 7.14. The second kappa shape index (κ2) is 29.9. The molecule has 0 aromatic rings. The Morgan fingerprint density at radius 1 is 0.769 bits per heavy atom. The zero-order valence-electron chi connectivity index (χ0n) is 17.2. The molecule has 0 saturated carbocycles. The van der Waals surface area contributed by atoms with Gasteiger partial charge in [0.05, 0.1) is 0 Å². The minimum Gasteiger partial charge on any atom is -1.00 e. The van der Waals surface area contributed by atoms with Crippen LogP contribution in [0.3, 0.4) is 0 Å². The summed E-state index contributed by atoms with van der Waals surface area (Å²) in [7, 11) is 1.72. The summed E-state index contributed by atoms with van der Waals surface area (Å²) in [5.41, 5.74) is 0. The van der Waals surface area contributed by atoms with E-state index in [1.54, 1.807) is 9.12 Å². The van der Waals surface area contributed by atoms with Crippen molar-refractivity contribution in [3.05, 3.63) is 12.2 Å². The molecule has 1 atom stereocenters. The largest absolute Gasteiger partial charge is 1.00 e. The van der Waals surface area contributed by atoms with Gasteiger partial charge >= 0.3 is 30.2 Å². The molecule has 0 spiro atoms. The Balaban J connectivity index is -0.000000110. The average molecular weight is 701 g/mol. The molecule has 29 heteroatoms. The number of ether oxygens (including phenoxy) is 1. The second-order valence-electron chi connectivity index (χ2n) is 4.16. The molecule has 0 rings (SSSR count). The maximum Gasteiger partial charge on any atom is 0.459 e. The van der Waals surface area contributed by atoms with Gasteiger partial charge in [-0.2, -0.15) is 43.9 Å². The Morgan fingerprint density at radius 2 is 1.18 bits per heavy atom. The van der Waals surface area contributed by atoms with E-state index in [9.17, 15) is 65.2 Å². The zero-order chi connectivity index (χ0) is 30.1. The highest BCUT2D eigenvalue weighted by Crippen LogP contribution is 2.40. The monoisotopic (exact) mass is 701 g/mol. The molecular formula is C10H9F15O10PS3-. The van der Waals surface area contributed by atoms with E-state index in [0.717, 1.165) is 0 Å². The summed E-state index contributed by atoms with van der Waals surface area (Å²) in [6.45, 7) is -3.56. The van der Waals surface area contributed by atoms with E-state index in [4.69, 9.17) is 4.57 Å². The highest BCUT2D eigenvalue weighted by molar-refractivity contribution is 7.89. The minimum absolute atomic E-state index is 0. The summed E-state index contributed by atoms with van der Waals surface area (Å²) in [5, 5.41) is 0. The normalized spacial score (nSPS) is 11.7. The lowest BCUT2D eigenvalue weighted by molar-refractivity contribution is -0.416. The summed E-state index contributed by atoms with van der Waals surface area (Å²) in [4.78, 5) is 29.7. The lowest BCUT2D eigenvalue weighted by Gasteiger charge is -2.27. The highest BCUT2D eigenvalue weighted by Gasteiger charge is 2.68. The lowest BCUT2D eigenvalue weighted by Crippen LogP contribution is -3.00. The van der Waals surface area contributed by atoms with Crippen molar-refractivity contribution in [1.82, 2.24) is 0 Å². The van der Waals surface area contributed by atoms with E-state index < -0.39 is 93.4 Å². The van der Waals surface area contributed by atoms with Gasteiger partial charge in [-0.05, 0) is 0 Å². The predicted molar refractivity (Wildman–Crippen MR) is 97.2 cm³/mol. The van der Waals surface area contributed by atoms with Crippen LogP contribution in [0.4, 0.5) is 60.3 Å². The van der Waals surface area contributed by atoms with E-state index in [1.165, 1.54) is 0 Å². The fraction of sp³-hybridized carbons (Fsp3) is 0.600. The maximum atomic E-state index is 12.7. The number of carbonyl (C=O) groups is 2. The predicted octanol–water partition coefficient (Wildman–Crippen LogP) is 3.64. The van der Waals surface area contributed by atoms with Crippen molar-refractivity contribution in [1.29, 1.82) is 0 Å². The zero-order valence-corrected chi connectivity index (χ0v) is 20.7. The van der Waals surface area contributed by atoms with E-state index in [1.807, 2.05) is 0 Å². The van der Waals surface area contributed by atoms with Crippen molar-refractivity contribution in [2.45, 2.75) is 18.1 Å². The first-order chi connectivity index (χ1) is 17.0. The molecule has 0 amide bonds. The van der Waals surface area contributed by atoms with Crippen LogP contribution in [0.1, 0.15) is 0 Å². The van der Waals surface area contributed by atoms with Crippen LogP contribution in [-0.4, -0.2) is 50.0 Å². The fourth-order valence-corrected chi connectivity index (χ4v) is 1.05. The Morgan fingerprint density at radius 3 is 1.51 bits per heavy atom. The molecule has 0 aliphatic heterocycles. The van der Waals surface area contributed by atoms with Gasteiger partial charge in [0.2, 0.25) is 37.3 Å². The summed E-state index contributed by atoms with van der Waals surface area (Å²) < 4.78 is 172. The van der Waals surface area contributed by atoms with Crippen LogP contribution in [-0.2, 0) is 46.6 Å². The molecule has 238 valence electrons. The molecule has 0 bridgehead atoms. The van der Waals surface area contributed by atoms with Crippen LogP contribution in [0.15, 0.2) is 12.2 Å². The third kappa shape index (κ3) is 33.0. The molecule has 0 aromatic heterocycles. The maximum absolute atomic E-state index is 12.7. The standard InChI is InChI=1S/C5H2F8O4S.C3H3F3O2S.C2H2F2O3S.2FH.HOP/c6-2(14)4(9,5(10,11)12)16-3(7,8)1-15-17-18-13;4-3(5)1-2-7-8-9-6;3-2(5)1-6-7-8-4;;;1-2/h1H2;1H,2H2;1H2;2*1H;2H/p-1. The molecule has 0 fully saturated rings. The first kappa shape index (κ1) is 50.7. The van der Waals surface area contributed by atoms with Crippen LogP contribution in [0.2, 0.25) is 0 Å². The molecule has 0 heterocycles. The van der Waals surface area contributed by atoms with Gasteiger partial charge in [-0.25, -0.2) is 14.7 Å². The molecule has 0 N–H and O–H groups in total. The minimum atomic E-state index is -6.39. The average Bonchev–Trinajstić information content (AvgIpc) is 2.78. The Bertz CT molecular complexity index is 638. The van der Waals surface area contributed by atoms with Gasteiger partial charge in [-0.15, -0.1) is 24.7 Å². The van der Waals surface area contributed by atoms with Crippen molar-refractivity contribution in [2.24, 2.45) is 0 Å². The number of carbonyl (C=O) groups excluding carboxylic acids is 2. The van der Waals surface area contributed by atoms with Gasteiger partial charge < -0.3 is 4.70 Å². The second-order valence-corrected chi connectivity index (χ2v) is 4.94. The molecule has 0 saturated heterocycles. The van der Waals surface area contributed by atoms with Crippen LogP contribution >= 0.6 is 46.4 Å². The molecule has 39 heavy (non-hydrogen) atoms. The molecule has 1 unspecified atom stereocenters. The van der Waals surface area contributed by atoms with Gasteiger partial charge in [-0.1, -0.05) is 0 Å². The number of hydrogen-bond donors (Lipinski definition) is 0. The van der Waals surface area contributed by atoms with E-state index in [2.05, 4.69) is 32.4 Å². The van der Waals surface area contributed by atoms with E-state index in [-0.39, 0.29) is 9.41 Å². The number of rotatable bonds is 15. The Kier molecular flexibility index (Phi) is 38.8. The Labute approximate surface area is 220 Å². The molecule has 0 aromatic carbocycles. The van der Waals surface area contributed by atoms with E-state index >= 15 is 0 Å². The molecular weight excluding hydrogens is 692 g/mol. The SMILES string of the molecule is F.FSOOCC=C(F)F.O=C(F)C(F)(OC(F)(F)COOSF)C(F)(F)F.O=C(F)COOSF.O=P.[F-]. The van der Waals surface area contributed by atoms with Gasteiger partial charge in [0.15, 0.2) is 13.2 Å². The highest BCUT2D eigenvalue weighted by atomic mass is 32.2. The van der Waals surface area contributed by atoms with Gasteiger partial charge in [-0.3, -0.25) is 23.6 Å². The van der Waals surface area contributed by atoms with Crippen molar-refractivity contribution < 1.29 is 112 Å². The summed E-state index contributed by atoms with van der Waals surface area (Å²) in [6, 6.07) is -5.55. The van der Waals surface area contributed by atoms with Crippen LogP contribution < -0.4 is 4.70 Å². The van der Waals surface area contributed by atoms with Crippen molar-refractivity contribution >= 4 is 58.5 Å². The van der Waals surface area contributed by atoms with Gasteiger partial charge in [0.1, 0.15) is 15.7 Å².